The molecule has 72 valence electrons. The highest BCUT2D eigenvalue weighted by Gasteiger charge is 2.26. The van der Waals surface area contributed by atoms with Gasteiger partial charge in [-0.2, -0.15) is 0 Å². The Balaban J connectivity index is 0.000000720. The molecule has 1 N–H and O–H groups in total. The quantitative estimate of drug-likeness (QED) is 0.669. The van der Waals surface area contributed by atoms with Crippen LogP contribution in [-0.4, -0.2) is 12.6 Å². The average Bonchev–Trinajstić information content (AvgIpc) is 2.12. The van der Waals surface area contributed by atoms with Gasteiger partial charge in [-0.3, -0.25) is 0 Å². The standard InChI is InChI=1S/C10H19N.ClH/c1-2-7-10(11-8-3-1)9-5-4-6-9;/h9-11H,1-8H2;1H. The van der Waals surface area contributed by atoms with Gasteiger partial charge in [-0.25, -0.2) is 0 Å². The lowest BCUT2D eigenvalue weighted by molar-refractivity contribution is 0.225. The molecule has 0 aromatic rings. The molecule has 1 saturated carbocycles. The summed E-state index contributed by atoms with van der Waals surface area (Å²) >= 11 is 0. The number of halogens is 1. The first-order valence-electron chi connectivity index (χ1n) is 5.20. The first-order chi connectivity index (χ1) is 5.47. The van der Waals surface area contributed by atoms with Gasteiger partial charge in [-0.1, -0.05) is 19.3 Å². The van der Waals surface area contributed by atoms with E-state index in [4.69, 9.17) is 0 Å². The van der Waals surface area contributed by atoms with Crippen LogP contribution in [0.3, 0.4) is 0 Å². The molecule has 1 aliphatic heterocycles. The highest BCUT2D eigenvalue weighted by atomic mass is 35.5. The lowest BCUT2D eigenvalue weighted by atomic mass is 9.78. The van der Waals surface area contributed by atoms with Gasteiger partial charge in [-0.05, 0) is 38.1 Å². The molecule has 2 rings (SSSR count). The Hall–Kier alpha value is 0.250. The van der Waals surface area contributed by atoms with Gasteiger partial charge in [0, 0.05) is 6.04 Å². The van der Waals surface area contributed by atoms with Gasteiger partial charge in [0.2, 0.25) is 0 Å². The van der Waals surface area contributed by atoms with Crippen LogP contribution in [0.25, 0.3) is 0 Å². The minimum atomic E-state index is 0. The third-order valence-electron chi connectivity index (χ3n) is 3.32. The summed E-state index contributed by atoms with van der Waals surface area (Å²) < 4.78 is 0. The van der Waals surface area contributed by atoms with E-state index >= 15 is 0 Å². The maximum Gasteiger partial charge on any atom is 0.00953 e. The molecule has 0 aromatic carbocycles. The second-order valence-electron chi connectivity index (χ2n) is 4.10. The molecular weight excluding hydrogens is 170 g/mol. The molecule has 0 spiro atoms. The molecule has 1 nitrogen and oxygen atoms in total. The molecule has 0 radical (unpaired) electrons. The van der Waals surface area contributed by atoms with E-state index < -0.39 is 0 Å². The topological polar surface area (TPSA) is 12.0 Å². The zero-order chi connectivity index (χ0) is 7.52. The third-order valence-corrected chi connectivity index (χ3v) is 3.32. The van der Waals surface area contributed by atoms with Gasteiger partial charge in [0.25, 0.3) is 0 Å². The zero-order valence-corrected chi connectivity index (χ0v) is 8.54. The second-order valence-corrected chi connectivity index (χ2v) is 4.10. The Bertz CT molecular complexity index is 115. The van der Waals surface area contributed by atoms with E-state index in [1.165, 1.54) is 51.5 Å². The van der Waals surface area contributed by atoms with E-state index in [2.05, 4.69) is 5.32 Å². The van der Waals surface area contributed by atoms with E-state index in [-0.39, 0.29) is 12.4 Å². The fourth-order valence-corrected chi connectivity index (χ4v) is 2.30. The van der Waals surface area contributed by atoms with Gasteiger partial charge in [-0.15, -0.1) is 12.4 Å². The SMILES string of the molecule is C1CCNC(C2CCC2)CC1.Cl. The monoisotopic (exact) mass is 189 g/mol. The molecule has 2 aliphatic rings. The largest absolute Gasteiger partial charge is 0.314 e. The molecular formula is C10H20ClN. The number of nitrogens with one attached hydrogen (secondary N) is 1. The molecule has 0 bridgehead atoms. The van der Waals surface area contributed by atoms with Crippen molar-refractivity contribution in [2.24, 2.45) is 5.92 Å². The predicted molar refractivity (Wildman–Crippen MR) is 54.8 cm³/mol. The molecule has 1 aliphatic carbocycles. The van der Waals surface area contributed by atoms with E-state index in [0.717, 1.165) is 12.0 Å². The van der Waals surface area contributed by atoms with Crippen LogP contribution in [0.15, 0.2) is 0 Å². The Morgan fingerprint density at radius 1 is 0.833 bits per heavy atom. The maximum atomic E-state index is 3.68. The van der Waals surface area contributed by atoms with Crippen molar-refractivity contribution in [2.45, 2.75) is 51.0 Å². The summed E-state index contributed by atoms with van der Waals surface area (Å²) in [5.41, 5.74) is 0. The lowest BCUT2D eigenvalue weighted by Crippen LogP contribution is -2.38. The summed E-state index contributed by atoms with van der Waals surface area (Å²) in [5, 5.41) is 3.68. The maximum absolute atomic E-state index is 3.68. The second kappa shape index (κ2) is 5.08. The zero-order valence-electron chi connectivity index (χ0n) is 7.72. The third kappa shape index (κ3) is 2.37. The Kier molecular flexibility index (Phi) is 4.38. The average molecular weight is 190 g/mol. The van der Waals surface area contributed by atoms with E-state index in [9.17, 15) is 0 Å². The highest BCUT2D eigenvalue weighted by Crippen LogP contribution is 2.32. The van der Waals surface area contributed by atoms with Crippen molar-refractivity contribution >= 4 is 12.4 Å². The fraction of sp³-hybridized carbons (Fsp3) is 1.00. The summed E-state index contributed by atoms with van der Waals surface area (Å²) in [6.45, 7) is 1.28. The van der Waals surface area contributed by atoms with Crippen LogP contribution in [0.4, 0.5) is 0 Å². The number of hydrogen-bond donors (Lipinski definition) is 1. The fourth-order valence-electron chi connectivity index (χ4n) is 2.30. The van der Waals surface area contributed by atoms with Crippen molar-refractivity contribution in [3.63, 3.8) is 0 Å². The van der Waals surface area contributed by atoms with Gasteiger partial charge in [0.15, 0.2) is 0 Å². The summed E-state index contributed by atoms with van der Waals surface area (Å²) in [4.78, 5) is 0. The minimum absolute atomic E-state index is 0. The van der Waals surface area contributed by atoms with Crippen molar-refractivity contribution in [3.05, 3.63) is 0 Å². The van der Waals surface area contributed by atoms with E-state index in [0.29, 0.717) is 0 Å². The van der Waals surface area contributed by atoms with Gasteiger partial charge >= 0.3 is 0 Å². The summed E-state index contributed by atoms with van der Waals surface area (Å²) in [7, 11) is 0. The summed E-state index contributed by atoms with van der Waals surface area (Å²) in [5.74, 6) is 1.05. The van der Waals surface area contributed by atoms with Crippen molar-refractivity contribution in [1.29, 1.82) is 0 Å². The van der Waals surface area contributed by atoms with E-state index in [1.807, 2.05) is 0 Å². The van der Waals surface area contributed by atoms with Crippen LogP contribution in [0.1, 0.15) is 44.9 Å². The van der Waals surface area contributed by atoms with Gasteiger partial charge in [0.1, 0.15) is 0 Å². The van der Waals surface area contributed by atoms with Crippen LogP contribution in [0, 0.1) is 5.92 Å². The summed E-state index contributed by atoms with van der Waals surface area (Å²) in [6.07, 6.45) is 10.3. The van der Waals surface area contributed by atoms with Crippen molar-refractivity contribution in [3.8, 4) is 0 Å². The molecule has 0 amide bonds. The van der Waals surface area contributed by atoms with Gasteiger partial charge < -0.3 is 5.32 Å². The minimum Gasteiger partial charge on any atom is -0.314 e. The molecule has 1 atom stereocenters. The Morgan fingerprint density at radius 3 is 2.33 bits per heavy atom. The van der Waals surface area contributed by atoms with Gasteiger partial charge in [0.05, 0.1) is 0 Å². The normalized spacial score (nSPS) is 31.5. The lowest BCUT2D eigenvalue weighted by Gasteiger charge is -2.33. The van der Waals surface area contributed by atoms with Crippen molar-refractivity contribution in [1.82, 2.24) is 5.32 Å². The predicted octanol–water partition coefficient (Wildman–Crippen LogP) is 2.74. The molecule has 12 heavy (non-hydrogen) atoms. The molecule has 2 heteroatoms. The van der Waals surface area contributed by atoms with Crippen LogP contribution < -0.4 is 5.32 Å². The van der Waals surface area contributed by atoms with Crippen LogP contribution in [0.5, 0.6) is 0 Å². The van der Waals surface area contributed by atoms with Crippen molar-refractivity contribution in [2.75, 3.05) is 6.54 Å². The van der Waals surface area contributed by atoms with Crippen molar-refractivity contribution < 1.29 is 0 Å². The molecule has 2 fully saturated rings. The molecule has 1 unspecified atom stereocenters. The molecule has 0 aromatic heterocycles. The van der Waals surface area contributed by atoms with Crippen LogP contribution in [-0.2, 0) is 0 Å². The number of hydrogen-bond acceptors (Lipinski definition) is 1. The smallest absolute Gasteiger partial charge is 0.00953 e. The Labute approximate surface area is 81.7 Å². The van der Waals surface area contributed by atoms with Crippen LogP contribution in [0.2, 0.25) is 0 Å². The van der Waals surface area contributed by atoms with Crippen LogP contribution >= 0.6 is 12.4 Å². The Morgan fingerprint density at radius 2 is 1.67 bits per heavy atom. The first-order valence-corrected chi connectivity index (χ1v) is 5.20. The highest BCUT2D eigenvalue weighted by molar-refractivity contribution is 5.85. The molecule has 1 heterocycles. The first kappa shape index (κ1) is 10.3. The molecule has 1 saturated heterocycles. The number of rotatable bonds is 1. The summed E-state index contributed by atoms with van der Waals surface area (Å²) in [6, 6.07) is 0.895. The van der Waals surface area contributed by atoms with E-state index in [1.54, 1.807) is 0 Å².